The number of rotatable bonds is 2. The van der Waals surface area contributed by atoms with Gasteiger partial charge in [-0.15, -0.1) is 0 Å². The van der Waals surface area contributed by atoms with E-state index >= 15 is 0 Å². The number of hydrogen-bond acceptors (Lipinski definition) is 3. The van der Waals surface area contributed by atoms with Gasteiger partial charge in [0.1, 0.15) is 0 Å². The highest BCUT2D eigenvalue weighted by Crippen LogP contribution is 2.25. The lowest BCUT2D eigenvalue weighted by atomic mass is 10.1. The standard InChI is InChI=1S/C12H16N4/c1-4-16-9(3)11(7-15-16)12-8(2)5-10(13)6-14-12/h5-7H,4,13H2,1-3H3. The van der Waals surface area contributed by atoms with Crippen LogP contribution in [0.3, 0.4) is 0 Å². The second-order valence-corrected chi connectivity index (χ2v) is 3.89. The first-order valence-electron chi connectivity index (χ1n) is 5.38. The number of nitrogens with zero attached hydrogens (tertiary/aromatic N) is 3. The second-order valence-electron chi connectivity index (χ2n) is 3.89. The molecule has 2 heterocycles. The molecule has 0 saturated carbocycles. The summed E-state index contributed by atoms with van der Waals surface area (Å²) in [6.45, 7) is 7.03. The highest BCUT2D eigenvalue weighted by molar-refractivity contribution is 5.66. The third kappa shape index (κ3) is 1.66. The van der Waals surface area contributed by atoms with Gasteiger partial charge in [-0.05, 0) is 32.4 Å². The monoisotopic (exact) mass is 216 g/mol. The van der Waals surface area contributed by atoms with Crippen LogP contribution < -0.4 is 5.73 Å². The van der Waals surface area contributed by atoms with Crippen LogP contribution in [0.5, 0.6) is 0 Å². The molecule has 84 valence electrons. The second kappa shape index (κ2) is 3.96. The zero-order chi connectivity index (χ0) is 11.7. The Balaban J connectivity index is 2.54. The lowest BCUT2D eigenvalue weighted by molar-refractivity contribution is 0.640. The normalized spacial score (nSPS) is 10.7. The molecule has 0 aliphatic rings. The van der Waals surface area contributed by atoms with Gasteiger partial charge < -0.3 is 5.73 Å². The van der Waals surface area contributed by atoms with E-state index in [0.29, 0.717) is 5.69 Å². The molecule has 0 fully saturated rings. The number of nitrogen functional groups attached to an aromatic ring is 1. The minimum absolute atomic E-state index is 0.696. The van der Waals surface area contributed by atoms with E-state index in [4.69, 9.17) is 5.73 Å². The van der Waals surface area contributed by atoms with Crippen molar-refractivity contribution in [2.24, 2.45) is 0 Å². The first-order chi connectivity index (χ1) is 7.63. The van der Waals surface area contributed by atoms with Crippen LogP contribution in [0.2, 0.25) is 0 Å². The predicted molar refractivity (Wildman–Crippen MR) is 65.0 cm³/mol. The first kappa shape index (κ1) is 10.7. The Bertz CT molecular complexity index is 514. The Kier molecular flexibility index (Phi) is 2.64. The highest BCUT2D eigenvalue weighted by atomic mass is 15.3. The molecule has 0 radical (unpaired) electrons. The summed E-state index contributed by atoms with van der Waals surface area (Å²) in [5.41, 5.74) is 10.7. The maximum Gasteiger partial charge on any atom is 0.0767 e. The number of aromatic nitrogens is 3. The molecule has 0 aliphatic carbocycles. The molecule has 2 aromatic heterocycles. The molecule has 0 atom stereocenters. The van der Waals surface area contributed by atoms with Crippen molar-refractivity contribution in [1.29, 1.82) is 0 Å². The van der Waals surface area contributed by atoms with Crippen LogP contribution in [0.4, 0.5) is 5.69 Å². The van der Waals surface area contributed by atoms with Gasteiger partial charge in [-0.25, -0.2) is 0 Å². The van der Waals surface area contributed by atoms with Gasteiger partial charge in [0, 0.05) is 17.8 Å². The number of aryl methyl sites for hydroxylation is 2. The summed E-state index contributed by atoms with van der Waals surface area (Å²) in [5.74, 6) is 0. The van der Waals surface area contributed by atoms with Crippen LogP contribution in [0.25, 0.3) is 11.3 Å². The van der Waals surface area contributed by atoms with E-state index in [2.05, 4.69) is 23.9 Å². The van der Waals surface area contributed by atoms with Gasteiger partial charge in [0.25, 0.3) is 0 Å². The van der Waals surface area contributed by atoms with Gasteiger partial charge in [0.2, 0.25) is 0 Å². The molecule has 2 aromatic rings. The average Bonchev–Trinajstić information content (AvgIpc) is 2.60. The summed E-state index contributed by atoms with van der Waals surface area (Å²) in [5, 5.41) is 4.32. The maximum atomic E-state index is 5.69. The molecular formula is C12H16N4. The molecule has 2 N–H and O–H groups in total. The Morgan fingerprint density at radius 3 is 2.62 bits per heavy atom. The number of nitrogens with two attached hydrogens (primary N) is 1. The average molecular weight is 216 g/mol. The Hall–Kier alpha value is -1.84. The highest BCUT2D eigenvalue weighted by Gasteiger charge is 2.11. The van der Waals surface area contributed by atoms with Crippen LogP contribution >= 0.6 is 0 Å². The minimum Gasteiger partial charge on any atom is -0.397 e. The summed E-state index contributed by atoms with van der Waals surface area (Å²) in [4.78, 5) is 4.38. The fraction of sp³-hybridized carbons (Fsp3) is 0.333. The number of anilines is 1. The van der Waals surface area contributed by atoms with E-state index in [1.54, 1.807) is 6.20 Å². The van der Waals surface area contributed by atoms with Crippen molar-refractivity contribution in [1.82, 2.24) is 14.8 Å². The van der Waals surface area contributed by atoms with E-state index in [1.807, 2.05) is 23.9 Å². The predicted octanol–water partition coefficient (Wildman–Crippen LogP) is 2.16. The van der Waals surface area contributed by atoms with Crippen LogP contribution in [-0.4, -0.2) is 14.8 Å². The summed E-state index contributed by atoms with van der Waals surface area (Å²) in [6, 6.07) is 1.94. The van der Waals surface area contributed by atoms with E-state index in [1.165, 1.54) is 0 Å². The lowest BCUT2D eigenvalue weighted by Gasteiger charge is -2.05. The molecule has 0 aromatic carbocycles. The van der Waals surface area contributed by atoms with Gasteiger partial charge in [-0.3, -0.25) is 9.67 Å². The van der Waals surface area contributed by atoms with E-state index in [0.717, 1.165) is 29.1 Å². The number of hydrogen-bond donors (Lipinski definition) is 1. The summed E-state index contributed by atoms with van der Waals surface area (Å²) in [7, 11) is 0. The van der Waals surface area contributed by atoms with Crippen molar-refractivity contribution >= 4 is 5.69 Å². The maximum absolute atomic E-state index is 5.69. The Morgan fingerprint density at radius 2 is 2.06 bits per heavy atom. The smallest absolute Gasteiger partial charge is 0.0767 e. The summed E-state index contributed by atoms with van der Waals surface area (Å²) >= 11 is 0. The molecule has 4 heteroatoms. The van der Waals surface area contributed by atoms with E-state index in [-0.39, 0.29) is 0 Å². The summed E-state index contributed by atoms with van der Waals surface area (Å²) < 4.78 is 1.97. The Labute approximate surface area is 95.1 Å². The quantitative estimate of drug-likeness (QED) is 0.837. The van der Waals surface area contributed by atoms with Crippen molar-refractivity contribution in [3.05, 3.63) is 29.7 Å². The van der Waals surface area contributed by atoms with Gasteiger partial charge >= 0.3 is 0 Å². The molecule has 0 bridgehead atoms. The van der Waals surface area contributed by atoms with Crippen molar-refractivity contribution in [3.8, 4) is 11.3 Å². The molecule has 0 saturated heterocycles. The molecule has 2 rings (SSSR count). The van der Waals surface area contributed by atoms with Crippen LogP contribution in [-0.2, 0) is 6.54 Å². The molecule has 16 heavy (non-hydrogen) atoms. The van der Waals surface area contributed by atoms with Crippen LogP contribution in [0.15, 0.2) is 18.5 Å². The summed E-state index contributed by atoms with van der Waals surface area (Å²) in [6.07, 6.45) is 3.55. The van der Waals surface area contributed by atoms with E-state index in [9.17, 15) is 0 Å². The topological polar surface area (TPSA) is 56.7 Å². The third-order valence-corrected chi connectivity index (χ3v) is 2.76. The fourth-order valence-corrected chi connectivity index (χ4v) is 1.88. The third-order valence-electron chi connectivity index (χ3n) is 2.76. The van der Waals surface area contributed by atoms with Gasteiger partial charge in [-0.2, -0.15) is 5.10 Å². The van der Waals surface area contributed by atoms with Gasteiger partial charge in [0.05, 0.1) is 23.8 Å². The zero-order valence-electron chi connectivity index (χ0n) is 9.86. The van der Waals surface area contributed by atoms with Gasteiger partial charge in [0.15, 0.2) is 0 Å². The molecule has 4 nitrogen and oxygen atoms in total. The first-order valence-corrected chi connectivity index (χ1v) is 5.38. The number of pyridine rings is 1. The molecule has 0 spiro atoms. The van der Waals surface area contributed by atoms with Crippen molar-refractivity contribution in [3.63, 3.8) is 0 Å². The van der Waals surface area contributed by atoms with Crippen molar-refractivity contribution in [2.75, 3.05) is 5.73 Å². The minimum atomic E-state index is 0.696. The molecular weight excluding hydrogens is 200 g/mol. The van der Waals surface area contributed by atoms with E-state index < -0.39 is 0 Å². The molecule has 0 amide bonds. The van der Waals surface area contributed by atoms with Crippen LogP contribution in [0.1, 0.15) is 18.2 Å². The molecule has 0 aliphatic heterocycles. The largest absolute Gasteiger partial charge is 0.397 e. The van der Waals surface area contributed by atoms with Crippen molar-refractivity contribution < 1.29 is 0 Å². The SMILES string of the molecule is CCn1ncc(-c2ncc(N)cc2C)c1C. The van der Waals surface area contributed by atoms with Crippen LogP contribution in [0, 0.1) is 13.8 Å². The van der Waals surface area contributed by atoms with Gasteiger partial charge in [-0.1, -0.05) is 0 Å². The zero-order valence-corrected chi connectivity index (χ0v) is 9.86. The fourth-order valence-electron chi connectivity index (χ4n) is 1.88. The molecule has 0 unspecified atom stereocenters. The van der Waals surface area contributed by atoms with Crippen molar-refractivity contribution in [2.45, 2.75) is 27.3 Å². The Morgan fingerprint density at radius 1 is 1.31 bits per heavy atom. The lowest BCUT2D eigenvalue weighted by Crippen LogP contribution is -1.99.